The van der Waals surface area contributed by atoms with Crippen LogP contribution in [-0.2, 0) is 11.4 Å². The highest BCUT2D eigenvalue weighted by Crippen LogP contribution is 2.39. The number of carbonyl (C=O) groups is 1. The Labute approximate surface area is 229 Å². The molecule has 0 aliphatic carbocycles. The van der Waals surface area contributed by atoms with Crippen molar-refractivity contribution >= 4 is 50.5 Å². The topological polar surface area (TPSA) is 41.9 Å². The number of aliphatic imine (C=N–C) groups is 1. The number of hydrogen-bond acceptors (Lipinski definition) is 4. The Hall–Kier alpha value is -3.61. The van der Waals surface area contributed by atoms with Crippen LogP contribution in [-0.4, -0.2) is 16.0 Å². The third-order valence-electron chi connectivity index (χ3n) is 5.98. The van der Waals surface area contributed by atoms with Crippen LogP contribution in [0, 0.1) is 0 Å². The van der Waals surface area contributed by atoms with Crippen molar-refractivity contribution in [2.45, 2.75) is 19.6 Å². The van der Waals surface area contributed by atoms with E-state index >= 15 is 0 Å². The monoisotopic (exact) mass is 568 g/mol. The SMILES string of the molecule is C[C@H](c1ccccc1)N1C(=O)/C(=C\c2ccc(OCc3ccc(Br)cc3)cc2)SC1=Nc1ccccc1. The summed E-state index contributed by atoms with van der Waals surface area (Å²) in [7, 11) is 0. The first-order valence-corrected chi connectivity index (χ1v) is 13.6. The lowest BCUT2D eigenvalue weighted by Gasteiger charge is -2.24. The van der Waals surface area contributed by atoms with Crippen LogP contribution >= 0.6 is 27.7 Å². The van der Waals surface area contributed by atoms with Crippen LogP contribution in [0.3, 0.4) is 0 Å². The summed E-state index contributed by atoms with van der Waals surface area (Å²) >= 11 is 4.86. The van der Waals surface area contributed by atoms with E-state index in [-0.39, 0.29) is 11.9 Å². The second-order valence-electron chi connectivity index (χ2n) is 8.59. The summed E-state index contributed by atoms with van der Waals surface area (Å²) < 4.78 is 6.97. The lowest BCUT2D eigenvalue weighted by molar-refractivity contribution is -0.123. The average molecular weight is 570 g/mol. The van der Waals surface area contributed by atoms with Crippen LogP contribution < -0.4 is 4.74 Å². The third-order valence-corrected chi connectivity index (χ3v) is 7.50. The van der Waals surface area contributed by atoms with Crippen LogP contribution in [0.25, 0.3) is 6.08 Å². The summed E-state index contributed by atoms with van der Waals surface area (Å²) in [4.78, 5) is 20.9. The third kappa shape index (κ3) is 6.21. The first kappa shape index (κ1) is 25.1. The average Bonchev–Trinajstić information content (AvgIpc) is 3.23. The van der Waals surface area contributed by atoms with Gasteiger partial charge >= 0.3 is 0 Å². The number of amidine groups is 1. The fourth-order valence-electron chi connectivity index (χ4n) is 3.96. The highest BCUT2D eigenvalue weighted by atomic mass is 79.9. The number of hydrogen-bond donors (Lipinski definition) is 0. The van der Waals surface area contributed by atoms with Crippen LogP contribution in [0.1, 0.15) is 29.7 Å². The summed E-state index contributed by atoms with van der Waals surface area (Å²) in [6, 6.07) is 35.5. The second kappa shape index (κ2) is 11.6. The minimum atomic E-state index is -0.149. The van der Waals surface area contributed by atoms with Gasteiger partial charge in [-0.15, -0.1) is 0 Å². The predicted octanol–water partition coefficient (Wildman–Crippen LogP) is 8.39. The smallest absolute Gasteiger partial charge is 0.267 e. The zero-order valence-corrected chi connectivity index (χ0v) is 22.7. The molecule has 0 radical (unpaired) electrons. The predicted molar refractivity (Wildman–Crippen MR) is 156 cm³/mol. The van der Waals surface area contributed by atoms with E-state index in [0.29, 0.717) is 16.7 Å². The number of para-hydroxylation sites is 1. The van der Waals surface area contributed by atoms with Gasteiger partial charge in [0.15, 0.2) is 5.17 Å². The molecule has 5 rings (SSSR count). The Balaban J connectivity index is 1.37. The van der Waals surface area contributed by atoms with E-state index in [2.05, 4.69) is 15.9 Å². The van der Waals surface area contributed by atoms with E-state index in [0.717, 1.165) is 32.6 Å². The molecule has 1 aliphatic heterocycles. The first-order chi connectivity index (χ1) is 18.1. The minimum absolute atomic E-state index is 0.0494. The molecule has 1 amide bonds. The summed E-state index contributed by atoms with van der Waals surface area (Å²) in [5, 5.41) is 0.674. The van der Waals surface area contributed by atoms with E-state index in [1.807, 2.05) is 122 Å². The molecule has 1 heterocycles. The van der Waals surface area contributed by atoms with Crippen LogP contribution in [0.2, 0.25) is 0 Å². The van der Waals surface area contributed by atoms with E-state index in [4.69, 9.17) is 9.73 Å². The maximum absolute atomic E-state index is 13.6. The van der Waals surface area contributed by atoms with Gasteiger partial charge in [0.05, 0.1) is 16.6 Å². The maximum Gasteiger partial charge on any atom is 0.267 e. The number of halogens is 1. The van der Waals surface area contributed by atoms with Crippen LogP contribution in [0.15, 0.2) is 124 Å². The number of thioether (sulfide) groups is 1. The molecule has 6 heteroatoms. The molecular weight excluding hydrogens is 544 g/mol. The van der Waals surface area contributed by atoms with Crippen LogP contribution in [0.4, 0.5) is 5.69 Å². The van der Waals surface area contributed by atoms with Gasteiger partial charge in [-0.1, -0.05) is 88.7 Å². The van der Waals surface area contributed by atoms with Gasteiger partial charge in [0.25, 0.3) is 5.91 Å². The number of ether oxygens (including phenoxy) is 1. The Morgan fingerprint density at radius 3 is 2.22 bits per heavy atom. The zero-order valence-electron chi connectivity index (χ0n) is 20.3. The van der Waals surface area contributed by atoms with E-state index in [1.165, 1.54) is 11.8 Å². The first-order valence-electron chi connectivity index (χ1n) is 12.0. The number of benzene rings is 4. The van der Waals surface area contributed by atoms with Gasteiger partial charge in [-0.3, -0.25) is 9.69 Å². The quantitative estimate of drug-likeness (QED) is 0.210. The number of rotatable bonds is 7. The molecule has 1 saturated heterocycles. The zero-order chi connectivity index (χ0) is 25.6. The fourth-order valence-corrected chi connectivity index (χ4v) is 5.29. The van der Waals surface area contributed by atoms with Crippen molar-refractivity contribution in [2.24, 2.45) is 4.99 Å². The van der Waals surface area contributed by atoms with Crippen molar-refractivity contribution < 1.29 is 9.53 Å². The van der Waals surface area contributed by atoms with Crippen LogP contribution in [0.5, 0.6) is 5.75 Å². The largest absolute Gasteiger partial charge is 0.489 e. The van der Waals surface area contributed by atoms with Gasteiger partial charge in [-0.05, 0) is 77.9 Å². The van der Waals surface area contributed by atoms with Crippen molar-refractivity contribution in [1.82, 2.24) is 4.90 Å². The van der Waals surface area contributed by atoms with E-state index < -0.39 is 0 Å². The standard InChI is InChI=1S/C31H25BrN2O2S/c1-22(25-8-4-2-5-9-25)34-30(35)29(37-31(34)33-27-10-6-3-7-11-27)20-23-14-18-28(19-15-23)36-21-24-12-16-26(32)17-13-24/h2-20,22H,21H2,1H3/b29-20+,33-31?/t22-/m1/s1. The molecule has 4 aromatic carbocycles. The molecule has 0 spiro atoms. The number of amides is 1. The molecule has 4 nitrogen and oxygen atoms in total. The van der Waals surface area contributed by atoms with Crippen molar-refractivity contribution in [3.8, 4) is 5.75 Å². The normalized spacial score (nSPS) is 16.4. The lowest BCUT2D eigenvalue weighted by Crippen LogP contribution is -2.32. The number of carbonyl (C=O) groups excluding carboxylic acids is 1. The highest BCUT2D eigenvalue weighted by molar-refractivity contribution is 9.10. The molecule has 37 heavy (non-hydrogen) atoms. The van der Waals surface area contributed by atoms with Gasteiger partial charge < -0.3 is 4.74 Å². The van der Waals surface area contributed by atoms with Crippen molar-refractivity contribution in [1.29, 1.82) is 0 Å². The molecule has 1 atom stereocenters. The summed E-state index contributed by atoms with van der Waals surface area (Å²) in [5.74, 6) is 0.729. The van der Waals surface area contributed by atoms with E-state index in [9.17, 15) is 4.79 Å². The van der Waals surface area contributed by atoms with E-state index in [1.54, 1.807) is 4.90 Å². The summed E-state index contributed by atoms with van der Waals surface area (Å²) in [6.07, 6.45) is 1.92. The Kier molecular flexibility index (Phi) is 7.87. The molecule has 0 bridgehead atoms. The molecule has 184 valence electrons. The molecule has 1 aliphatic rings. The molecule has 0 aromatic heterocycles. The van der Waals surface area contributed by atoms with Gasteiger partial charge in [0, 0.05) is 4.47 Å². The fraction of sp³-hybridized carbons (Fsp3) is 0.0968. The molecule has 0 saturated carbocycles. The summed E-state index contributed by atoms with van der Waals surface area (Å²) in [6.45, 7) is 2.53. The summed E-state index contributed by atoms with van der Waals surface area (Å²) in [5.41, 5.74) is 3.91. The highest BCUT2D eigenvalue weighted by Gasteiger charge is 2.37. The number of nitrogens with zero attached hydrogens (tertiary/aromatic N) is 2. The second-order valence-corrected chi connectivity index (χ2v) is 10.5. The Morgan fingerprint density at radius 1 is 0.892 bits per heavy atom. The Bertz CT molecular complexity index is 1420. The van der Waals surface area contributed by atoms with Crippen molar-refractivity contribution in [3.63, 3.8) is 0 Å². The molecule has 0 N–H and O–H groups in total. The van der Waals surface area contributed by atoms with Gasteiger partial charge in [-0.25, -0.2) is 4.99 Å². The van der Waals surface area contributed by atoms with Crippen molar-refractivity contribution in [3.05, 3.63) is 135 Å². The van der Waals surface area contributed by atoms with Crippen molar-refractivity contribution in [2.75, 3.05) is 0 Å². The molecule has 4 aromatic rings. The lowest BCUT2D eigenvalue weighted by atomic mass is 10.1. The van der Waals surface area contributed by atoms with Gasteiger partial charge in [0.2, 0.25) is 0 Å². The molecule has 0 unspecified atom stereocenters. The van der Waals surface area contributed by atoms with Gasteiger partial charge in [-0.2, -0.15) is 0 Å². The van der Waals surface area contributed by atoms with Gasteiger partial charge in [0.1, 0.15) is 12.4 Å². The minimum Gasteiger partial charge on any atom is -0.489 e. The Morgan fingerprint density at radius 2 is 1.54 bits per heavy atom. The maximum atomic E-state index is 13.6. The molecular formula is C31H25BrN2O2S. The molecule has 1 fully saturated rings.